The van der Waals surface area contributed by atoms with Crippen molar-refractivity contribution in [2.45, 2.75) is 44.3 Å². The standard InChI is InChI=1S/C18H23ClN2O3S2/c1-3-15-17(23)21(18(25)26-15)10-6-4-5-7-16(22)20-12-8-9-14(24-2)13(19)11-12/h8-9,11,15H,3-7,10H2,1-2H3,(H,20,22). The van der Waals surface area contributed by atoms with Crippen molar-refractivity contribution in [1.29, 1.82) is 0 Å². The van der Waals surface area contributed by atoms with Crippen LogP contribution in [0, 0.1) is 0 Å². The van der Waals surface area contributed by atoms with E-state index in [1.165, 1.54) is 11.8 Å². The topological polar surface area (TPSA) is 58.6 Å². The molecule has 0 saturated carbocycles. The summed E-state index contributed by atoms with van der Waals surface area (Å²) in [6.45, 7) is 2.63. The van der Waals surface area contributed by atoms with E-state index in [-0.39, 0.29) is 17.1 Å². The smallest absolute Gasteiger partial charge is 0.241 e. The fourth-order valence-electron chi connectivity index (χ4n) is 2.66. The first kappa shape index (κ1) is 21.0. The maximum absolute atomic E-state index is 12.1. The Kier molecular flexibility index (Phi) is 8.18. The number of carbonyl (C=O) groups is 2. The maximum Gasteiger partial charge on any atom is 0.241 e. The van der Waals surface area contributed by atoms with Gasteiger partial charge in [0.1, 0.15) is 10.1 Å². The Balaban J connectivity index is 1.67. The van der Waals surface area contributed by atoms with Gasteiger partial charge < -0.3 is 10.1 Å². The molecule has 0 aliphatic carbocycles. The highest BCUT2D eigenvalue weighted by Gasteiger charge is 2.34. The third kappa shape index (κ3) is 5.59. The number of amides is 2. The summed E-state index contributed by atoms with van der Waals surface area (Å²) < 4.78 is 5.76. The van der Waals surface area contributed by atoms with Gasteiger partial charge in [-0.2, -0.15) is 0 Å². The predicted octanol–water partition coefficient (Wildman–Crippen LogP) is 4.49. The third-order valence-corrected chi connectivity index (χ3v) is 6.14. The molecule has 2 rings (SSSR count). The van der Waals surface area contributed by atoms with E-state index in [1.54, 1.807) is 30.2 Å². The van der Waals surface area contributed by atoms with Gasteiger partial charge in [-0.05, 0) is 37.5 Å². The quantitative estimate of drug-likeness (QED) is 0.476. The molecule has 0 bridgehead atoms. The lowest BCUT2D eigenvalue weighted by atomic mass is 10.1. The molecule has 1 aliphatic heterocycles. The summed E-state index contributed by atoms with van der Waals surface area (Å²) in [4.78, 5) is 25.8. The van der Waals surface area contributed by atoms with Crippen LogP contribution in [-0.2, 0) is 9.59 Å². The summed E-state index contributed by atoms with van der Waals surface area (Å²) in [5.74, 6) is 0.639. The lowest BCUT2D eigenvalue weighted by Gasteiger charge is -2.15. The largest absolute Gasteiger partial charge is 0.495 e. The number of thiocarbonyl (C=S) groups is 1. The zero-order chi connectivity index (χ0) is 19.1. The zero-order valence-corrected chi connectivity index (χ0v) is 17.3. The second-order valence-corrected chi connectivity index (χ2v) is 8.22. The van der Waals surface area contributed by atoms with E-state index in [1.807, 2.05) is 6.92 Å². The molecule has 26 heavy (non-hydrogen) atoms. The summed E-state index contributed by atoms with van der Waals surface area (Å²) >= 11 is 12.8. The monoisotopic (exact) mass is 414 g/mol. The highest BCUT2D eigenvalue weighted by Crippen LogP contribution is 2.30. The normalized spacial score (nSPS) is 16.9. The molecule has 1 N–H and O–H groups in total. The summed E-state index contributed by atoms with van der Waals surface area (Å²) in [6, 6.07) is 5.14. The van der Waals surface area contributed by atoms with E-state index in [0.717, 1.165) is 25.7 Å². The minimum Gasteiger partial charge on any atom is -0.495 e. The van der Waals surface area contributed by atoms with Gasteiger partial charge in [0.15, 0.2) is 0 Å². The van der Waals surface area contributed by atoms with Crippen molar-refractivity contribution in [1.82, 2.24) is 4.90 Å². The first-order valence-corrected chi connectivity index (χ1v) is 10.3. The van der Waals surface area contributed by atoms with Gasteiger partial charge in [0.2, 0.25) is 11.8 Å². The molecule has 1 atom stereocenters. The lowest BCUT2D eigenvalue weighted by molar-refractivity contribution is -0.126. The van der Waals surface area contributed by atoms with Crippen LogP contribution in [0.1, 0.15) is 39.0 Å². The van der Waals surface area contributed by atoms with Gasteiger partial charge in [-0.15, -0.1) is 0 Å². The first-order chi connectivity index (χ1) is 12.5. The van der Waals surface area contributed by atoms with Gasteiger partial charge in [-0.3, -0.25) is 14.5 Å². The highest BCUT2D eigenvalue weighted by molar-refractivity contribution is 8.24. The number of rotatable bonds is 9. The molecule has 0 spiro atoms. The van der Waals surface area contributed by atoms with Crippen LogP contribution in [0.2, 0.25) is 5.02 Å². The van der Waals surface area contributed by atoms with Crippen molar-refractivity contribution >= 4 is 57.4 Å². The van der Waals surface area contributed by atoms with Crippen LogP contribution in [0.15, 0.2) is 18.2 Å². The van der Waals surface area contributed by atoms with E-state index in [0.29, 0.717) is 33.7 Å². The van der Waals surface area contributed by atoms with Crippen LogP contribution < -0.4 is 10.1 Å². The van der Waals surface area contributed by atoms with E-state index in [9.17, 15) is 9.59 Å². The zero-order valence-electron chi connectivity index (χ0n) is 14.9. The van der Waals surface area contributed by atoms with Crippen molar-refractivity contribution in [3.8, 4) is 5.75 Å². The second-order valence-electron chi connectivity index (χ2n) is 5.98. The molecule has 142 valence electrons. The van der Waals surface area contributed by atoms with Gasteiger partial charge in [0, 0.05) is 18.7 Å². The van der Waals surface area contributed by atoms with Crippen molar-refractivity contribution in [2.75, 3.05) is 19.0 Å². The SMILES string of the molecule is CCC1SC(=S)N(CCCCCC(=O)Nc2ccc(OC)c(Cl)c2)C1=O. The Hall–Kier alpha value is -1.31. The lowest BCUT2D eigenvalue weighted by Crippen LogP contribution is -2.32. The molecule has 2 amide bonds. The molecule has 8 heteroatoms. The van der Waals surface area contributed by atoms with Crippen LogP contribution in [0.25, 0.3) is 0 Å². The Morgan fingerprint density at radius 1 is 1.38 bits per heavy atom. The molecule has 1 heterocycles. The van der Waals surface area contributed by atoms with Crippen molar-refractivity contribution < 1.29 is 14.3 Å². The second kappa shape index (κ2) is 10.1. The van der Waals surface area contributed by atoms with Crippen molar-refractivity contribution in [3.05, 3.63) is 23.2 Å². The number of methoxy groups -OCH3 is 1. The van der Waals surface area contributed by atoms with E-state index < -0.39 is 0 Å². The van der Waals surface area contributed by atoms with Gasteiger partial charge in [-0.1, -0.05) is 48.9 Å². The van der Waals surface area contributed by atoms with Crippen LogP contribution in [0.4, 0.5) is 5.69 Å². The summed E-state index contributed by atoms with van der Waals surface area (Å²) in [5.41, 5.74) is 0.649. The number of thioether (sulfide) groups is 1. The van der Waals surface area contributed by atoms with Crippen LogP contribution in [-0.4, -0.2) is 39.9 Å². The fourth-order valence-corrected chi connectivity index (χ4v) is 4.39. The number of nitrogens with zero attached hydrogens (tertiary/aromatic N) is 1. The number of hydrogen-bond donors (Lipinski definition) is 1. The van der Waals surface area contributed by atoms with E-state index in [2.05, 4.69) is 5.32 Å². The first-order valence-electron chi connectivity index (χ1n) is 8.61. The maximum atomic E-state index is 12.1. The molecular weight excluding hydrogens is 392 g/mol. The van der Waals surface area contributed by atoms with Gasteiger partial charge in [-0.25, -0.2) is 0 Å². The third-order valence-electron chi connectivity index (χ3n) is 4.10. The number of anilines is 1. The molecule has 1 aromatic carbocycles. The van der Waals surface area contributed by atoms with Crippen LogP contribution in [0.3, 0.4) is 0 Å². The molecule has 1 aromatic rings. The van der Waals surface area contributed by atoms with Crippen molar-refractivity contribution in [3.63, 3.8) is 0 Å². The minimum atomic E-state index is -0.0550. The van der Waals surface area contributed by atoms with Crippen LogP contribution >= 0.6 is 35.6 Å². The Morgan fingerprint density at radius 3 is 2.77 bits per heavy atom. The molecule has 1 aliphatic rings. The number of carbonyl (C=O) groups excluding carboxylic acids is 2. The number of halogens is 1. The summed E-state index contributed by atoms with van der Waals surface area (Å²) in [6.07, 6.45) is 3.69. The van der Waals surface area contributed by atoms with Gasteiger partial charge >= 0.3 is 0 Å². The van der Waals surface area contributed by atoms with Crippen LogP contribution in [0.5, 0.6) is 5.75 Å². The molecular formula is C18H23ClN2O3S2. The van der Waals surface area contributed by atoms with Gasteiger partial charge in [0.05, 0.1) is 17.4 Å². The van der Waals surface area contributed by atoms with E-state index >= 15 is 0 Å². The predicted molar refractivity (Wildman–Crippen MR) is 111 cm³/mol. The number of benzene rings is 1. The number of nitrogens with one attached hydrogen (secondary N) is 1. The average molecular weight is 415 g/mol. The molecule has 0 aromatic heterocycles. The molecule has 0 radical (unpaired) electrons. The number of unbranched alkanes of at least 4 members (excludes halogenated alkanes) is 2. The summed E-state index contributed by atoms with van der Waals surface area (Å²) in [7, 11) is 1.54. The average Bonchev–Trinajstić information content (AvgIpc) is 2.88. The van der Waals surface area contributed by atoms with Crippen molar-refractivity contribution in [2.24, 2.45) is 0 Å². The summed E-state index contributed by atoms with van der Waals surface area (Å²) in [5, 5.41) is 3.26. The van der Waals surface area contributed by atoms with E-state index in [4.69, 9.17) is 28.6 Å². The Morgan fingerprint density at radius 2 is 2.15 bits per heavy atom. The molecule has 1 saturated heterocycles. The number of hydrogen-bond acceptors (Lipinski definition) is 5. The Labute approximate surface area is 168 Å². The number of ether oxygens (including phenoxy) is 1. The molecule has 1 fully saturated rings. The Bertz CT molecular complexity index is 684. The van der Waals surface area contributed by atoms with Gasteiger partial charge in [0.25, 0.3) is 0 Å². The fraction of sp³-hybridized carbons (Fsp3) is 0.500. The molecule has 5 nitrogen and oxygen atoms in total. The highest BCUT2D eigenvalue weighted by atomic mass is 35.5. The molecule has 1 unspecified atom stereocenters. The minimum absolute atomic E-state index is 0.0235.